The second-order valence-corrected chi connectivity index (χ2v) is 8.17. The van der Waals surface area contributed by atoms with E-state index >= 15 is 0 Å². The number of anilines is 1. The fraction of sp³-hybridized carbons (Fsp3) is 0.423. The molecule has 7 nitrogen and oxygen atoms in total. The normalized spacial score (nSPS) is 17.1. The van der Waals surface area contributed by atoms with Crippen molar-refractivity contribution < 1.29 is 9.47 Å². The van der Waals surface area contributed by atoms with Crippen LogP contribution in [-0.4, -0.2) is 34.4 Å². The maximum absolute atomic E-state index is 13.7. The highest BCUT2D eigenvalue weighted by molar-refractivity contribution is 5.62. The second-order valence-electron chi connectivity index (χ2n) is 8.17. The summed E-state index contributed by atoms with van der Waals surface area (Å²) in [5.74, 6) is 1.17. The van der Waals surface area contributed by atoms with Crippen molar-refractivity contribution >= 4 is 5.69 Å². The molecule has 0 radical (unpaired) electrons. The summed E-state index contributed by atoms with van der Waals surface area (Å²) < 4.78 is 13.0. The Hall–Kier alpha value is -3.19. The van der Waals surface area contributed by atoms with Crippen molar-refractivity contribution in [3.63, 3.8) is 0 Å². The van der Waals surface area contributed by atoms with Gasteiger partial charge in [0.05, 0.1) is 30.6 Å². The van der Waals surface area contributed by atoms with Gasteiger partial charge in [-0.3, -0.25) is 9.36 Å². The van der Waals surface area contributed by atoms with Gasteiger partial charge in [0.1, 0.15) is 11.5 Å². The van der Waals surface area contributed by atoms with E-state index in [0.29, 0.717) is 37.0 Å². The maximum atomic E-state index is 13.7. The van der Waals surface area contributed by atoms with Crippen LogP contribution in [0.4, 0.5) is 5.69 Å². The highest BCUT2D eigenvalue weighted by Crippen LogP contribution is 2.36. The monoisotopic (exact) mass is 448 g/mol. The van der Waals surface area contributed by atoms with Crippen LogP contribution in [0, 0.1) is 6.92 Å². The quantitative estimate of drug-likeness (QED) is 0.553. The molecule has 1 aliphatic rings. The molecule has 1 aliphatic carbocycles. The molecule has 0 aliphatic heterocycles. The molecular formula is C26H32N4O3. The van der Waals surface area contributed by atoms with Crippen LogP contribution in [0.5, 0.6) is 5.88 Å². The first-order valence-corrected chi connectivity index (χ1v) is 11.6. The third-order valence-corrected chi connectivity index (χ3v) is 6.27. The maximum Gasteiger partial charge on any atom is 0.277 e. The summed E-state index contributed by atoms with van der Waals surface area (Å²) in [6.45, 7) is 9.02. The Morgan fingerprint density at radius 1 is 1.12 bits per heavy atom. The van der Waals surface area contributed by atoms with Gasteiger partial charge in [0.2, 0.25) is 5.88 Å². The molecule has 2 atom stereocenters. The van der Waals surface area contributed by atoms with E-state index in [4.69, 9.17) is 14.5 Å². The van der Waals surface area contributed by atoms with E-state index in [9.17, 15) is 4.79 Å². The van der Waals surface area contributed by atoms with Crippen molar-refractivity contribution in [1.29, 1.82) is 0 Å². The molecule has 174 valence electrons. The number of ether oxygens (including phenoxy) is 2. The molecule has 4 rings (SSSR count). The van der Waals surface area contributed by atoms with E-state index in [1.807, 2.05) is 45.9 Å². The van der Waals surface area contributed by atoms with Gasteiger partial charge in [0, 0.05) is 31.2 Å². The van der Waals surface area contributed by atoms with Gasteiger partial charge < -0.3 is 14.8 Å². The number of aryl methyl sites for hydroxylation is 2. The zero-order chi connectivity index (χ0) is 23.5. The Bertz CT molecular complexity index is 1200. The van der Waals surface area contributed by atoms with E-state index in [-0.39, 0.29) is 17.7 Å². The predicted octanol–water partition coefficient (Wildman–Crippen LogP) is 4.32. The topological polar surface area (TPSA) is 78.3 Å². The van der Waals surface area contributed by atoms with Crippen LogP contribution in [0.1, 0.15) is 49.3 Å². The largest absolute Gasteiger partial charge is 0.481 e. The molecule has 2 aromatic heterocycles. The van der Waals surface area contributed by atoms with E-state index in [2.05, 4.69) is 22.4 Å². The summed E-state index contributed by atoms with van der Waals surface area (Å²) in [4.78, 5) is 23.2. The minimum absolute atomic E-state index is 0.0284. The predicted molar refractivity (Wildman–Crippen MR) is 130 cm³/mol. The Morgan fingerprint density at radius 3 is 2.58 bits per heavy atom. The van der Waals surface area contributed by atoms with Crippen LogP contribution in [0.15, 0.2) is 41.2 Å². The number of rotatable bonds is 8. The molecule has 0 fully saturated rings. The minimum atomic E-state index is -0.0958. The van der Waals surface area contributed by atoms with Gasteiger partial charge in [0.25, 0.3) is 5.56 Å². The van der Waals surface area contributed by atoms with Gasteiger partial charge >= 0.3 is 0 Å². The zero-order valence-corrected chi connectivity index (χ0v) is 20.0. The van der Waals surface area contributed by atoms with Crippen LogP contribution in [0.25, 0.3) is 11.4 Å². The molecule has 7 heteroatoms. The first-order valence-electron chi connectivity index (χ1n) is 11.6. The van der Waals surface area contributed by atoms with Crippen molar-refractivity contribution in [2.45, 2.75) is 59.2 Å². The molecule has 2 heterocycles. The highest BCUT2D eigenvalue weighted by atomic mass is 16.5. The molecule has 0 amide bonds. The molecule has 0 spiro atoms. The van der Waals surface area contributed by atoms with Crippen molar-refractivity contribution in [3.8, 4) is 17.3 Å². The molecule has 3 aromatic rings. The fourth-order valence-corrected chi connectivity index (χ4v) is 4.64. The first kappa shape index (κ1) is 23.0. The van der Waals surface area contributed by atoms with Gasteiger partial charge in [-0.15, -0.1) is 0 Å². The molecule has 0 saturated carbocycles. The Balaban J connectivity index is 1.81. The zero-order valence-electron chi connectivity index (χ0n) is 20.0. The number of nitrogens with zero attached hydrogens (tertiary/aromatic N) is 3. The molecule has 0 saturated heterocycles. The van der Waals surface area contributed by atoms with Crippen molar-refractivity contribution in [2.24, 2.45) is 0 Å². The van der Waals surface area contributed by atoms with Crippen LogP contribution in [0.3, 0.4) is 0 Å². The highest BCUT2D eigenvalue weighted by Gasteiger charge is 2.34. The number of aromatic nitrogens is 3. The van der Waals surface area contributed by atoms with Crippen LogP contribution < -0.4 is 15.6 Å². The van der Waals surface area contributed by atoms with Gasteiger partial charge in [0.15, 0.2) is 0 Å². The summed E-state index contributed by atoms with van der Waals surface area (Å²) in [6, 6.07) is 12.0. The molecular weight excluding hydrogens is 416 g/mol. The van der Waals surface area contributed by atoms with Crippen molar-refractivity contribution in [1.82, 2.24) is 14.5 Å². The standard InChI is InChI=1S/C26H32N4O3/c1-6-20-24(29-23-19-12-10-9-11-17(19)15-21(23)33-8-3)26(31)30(7-2)25(28-20)18-13-14-22(32-5)27-16(18)4/h9-14,21,23,29H,6-8,15H2,1-5H3/t21-,23?/m0/s1. The first-order chi connectivity index (χ1) is 16.0. The second kappa shape index (κ2) is 9.75. The lowest BCUT2D eigenvalue weighted by atomic mass is 10.1. The van der Waals surface area contributed by atoms with E-state index in [0.717, 1.165) is 23.4 Å². The number of hydrogen-bond acceptors (Lipinski definition) is 6. The molecule has 33 heavy (non-hydrogen) atoms. The fourth-order valence-electron chi connectivity index (χ4n) is 4.64. The van der Waals surface area contributed by atoms with Gasteiger partial charge in [-0.2, -0.15) is 0 Å². The number of fused-ring (bicyclic) bond motifs is 1. The van der Waals surface area contributed by atoms with Crippen LogP contribution >= 0.6 is 0 Å². The van der Waals surface area contributed by atoms with E-state index in [1.165, 1.54) is 11.1 Å². The Labute approximate surface area is 194 Å². The summed E-state index contributed by atoms with van der Waals surface area (Å²) >= 11 is 0. The third kappa shape index (κ3) is 4.25. The molecule has 0 bridgehead atoms. The lowest BCUT2D eigenvalue weighted by molar-refractivity contribution is 0.0574. The number of nitrogens with one attached hydrogen (secondary N) is 1. The number of hydrogen-bond donors (Lipinski definition) is 1. The van der Waals surface area contributed by atoms with Crippen molar-refractivity contribution in [3.05, 3.63) is 69.3 Å². The molecule has 1 unspecified atom stereocenters. The van der Waals surface area contributed by atoms with Gasteiger partial charge in [-0.1, -0.05) is 31.2 Å². The SMILES string of the molecule is CCO[C@H]1Cc2ccccc2C1Nc1c(CC)nc(-c2ccc(OC)nc2C)n(CC)c1=O. The molecule has 1 N–H and O–H groups in total. The van der Waals surface area contributed by atoms with Gasteiger partial charge in [-0.05, 0) is 44.4 Å². The smallest absolute Gasteiger partial charge is 0.277 e. The lowest BCUT2D eigenvalue weighted by Crippen LogP contribution is -2.32. The summed E-state index contributed by atoms with van der Waals surface area (Å²) in [7, 11) is 1.59. The van der Waals surface area contributed by atoms with E-state index < -0.39 is 0 Å². The summed E-state index contributed by atoms with van der Waals surface area (Å²) in [6.07, 6.45) is 1.43. The third-order valence-electron chi connectivity index (χ3n) is 6.27. The van der Waals surface area contributed by atoms with Crippen LogP contribution in [-0.2, 0) is 24.1 Å². The Kier molecular flexibility index (Phi) is 6.79. The van der Waals surface area contributed by atoms with Crippen molar-refractivity contribution in [2.75, 3.05) is 19.0 Å². The lowest BCUT2D eigenvalue weighted by Gasteiger charge is -2.25. The summed E-state index contributed by atoms with van der Waals surface area (Å²) in [5.41, 5.74) is 5.26. The minimum Gasteiger partial charge on any atom is -0.481 e. The average molecular weight is 449 g/mol. The average Bonchev–Trinajstić information content (AvgIpc) is 3.17. The van der Waals surface area contributed by atoms with E-state index in [1.54, 1.807) is 17.7 Å². The number of methoxy groups -OCH3 is 1. The van der Waals surface area contributed by atoms with Crippen LogP contribution in [0.2, 0.25) is 0 Å². The summed E-state index contributed by atoms with van der Waals surface area (Å²) in [5, 5.41) is 3.55. The number of pyridine rings is 1. The van der Waals surface area contributed by atoms with Gasteiger partial charge in [-0.25, -0.2) is 9.97 Å². The number of benzene rings is 1. The Morgan fingerprint density at radius 2 is 1.91 bits per heavy atom. The molecule has 1 aromatic carbocycles.